The van der Waals surface area contributed by atoms with E-state index >= 15 is 0 Å². The number of benzene rings is 1. The van der Waals surface area contributed by atoms with E-state index in [1.807, 2.05) is 18.2 Å². The lowest BCUT2D eigenvalue weighted by atomic mass is 9.89. The number of dihydropyridines is 1. The molecule has 0 spiro atoms. The molecular weight excluding hydrogens is 312 g/mol. The van der Waals surface area contributed by atoms with Gasteiger partial charge in [-0.05, 0) is 24.8 Å². The molecule has 2 N–H and O–H groups in total. The standard InChI is InChI=1S/C21H28N2O2/c1-2-3-4-5-6-7-9-16-10-8-11-17(14-16)21(25)19-12-13-22-15-18(19)20(24)23-21/h8,10-11,14-15,25H,2-7,9,12-13H2,1H3,(H,23,24). The van der Waals surface area contributed by atoms with E-state index in [0.29, 0.717) is 18.5 Å². The molecule has 0 aromatic heterocycles. The molecule has 2 aliphatic heterocycles. The first-order valence-electron chi connectivity index (χ1n) is 9.53. The molecule has 0 bridgehead atoms. The molecule has 2 heterocycles. The molecule has 1 aromatic carbocycles. The van der Waals surface area contributed by atoms with E-state index in [0.717, 1.165) is 17.6 Å². The van der Waals surface area contributed by atoms with Crippen LogP contribution in [0.25, 0.3) is 0 Å². The van der Waals surface area contributed by atoms with Gasteiger partial charge in [-0.3, -0.25) is 9.79 Å². The monoisotopic (exact) mass is 340 g/mol. The topological polar surface area (TPSA) is 61.7 Å². The van der Waals surface area contributed by atoms with Gasteiger partial charge in [0.15, 0.2) is 5.72 Å². The summed E-state index contributed by atoms with van der Waals surface area (Å²) in [6, 6.07) is 8.01. The Hall–Kier alpha value is -1.94. The molecule has 0 saturated heterocycles. The van der Waals surface area contributed by atoms with E-state index in [9.17, 15) is 9.90 Å². The summed E-state index contributed by atoms with van der Waals surface area (Å²) in [5, 5.41) is 13.9. The Balaban J connectivity index is 1.68. The van der Waals surface area contributed by atoms with Gasteiger partial charge in [0.05, 0.1) is 5.57 Å². The van der Waals surface area contributed by atoms with Gasteiger partial charge in [-0.1, -0.05) is 63.3 Å². The van der Waals surface area contributed by atoms with Gasteiger partial charge in [0, 0.05) is 23.9 Å². The molecule has 134 valence electrons. The molecule has 1 atom stereocenters. The number of hydrogen-bond donors (Lipinski definition) is 2. The van der Waals surface area contributed by atoms with Crippen LogP contribution in [0.5, 0.6) is 0 Å². The first-order valence-corrected chi connectivity index (χ1v) is 9.53. The maximum absolute atomic E-state index is 12.2. The van der Waals surface area contributed by atoms with Gasteiger partial charge in [0.25, 0.3) is 5.91 Å². The van der Waals surface area contributed by atoms with Gasteiger partial charge in [0.2, 0.25) is 0 Å². The average molecular weight is 340 g/mol. The minimum Gasteiger partial charge on any atom is -0.363 e. The van der Waals surface area contributed by atoms with Crippen molar-refractivity contribution >= 4 is 12.1 Å². The molecule has 1 amide bonds. The summed E-state index contributed by atoms with van der Waals surface area (Å²) >= 11 is 0. The number of nitrogens with one attached hydrogen (secondary N) is 1. The normalized spacial score (nSPS) is 22.2. The highest BCUT2D eigenvalue weighted by atomic mass is 16.3. The quantitative estimate of drug-likeness (QED) is 0.710. The molecule has 0 saturated carbocycles. The number of unbranched alkanes of at least 4 members (excludes halogenated alkanes) is 5. The largest absolute Gasteiger partial charge is 0.363 e. The van der Waals surface area contributed by atoms with E-state index in [-0.39, 0.29) is 5.91 Å². The Labute approximate surface area is 150 Å². The predicted octanol–water partition coefficient (Wildman–Crippen LogP) is 3.64. The second kappa shape index (κ2) is 7.96. The Morgan fingerprint density at radius 2 is 2.00 bits per heavy atom. The third kappa shape index (κ3) is 3.84. The predicted molar refractivity (Wildman–Crippen MR) is 101 cm³/mol. The Morgan fingerprint density at radius 1 is 1.20 bits per heavy atom. The summed E-state index contributed by atoms with van der Waals surface area (Å²) in [4.78, 5) is 16.3. The van der Waals surface area contributed by atoms with Crippen LogP contribution in [0, 0.1) is 0 Å². The van der Waals surface area contributed by atoms with Crippen LogP contribution in [0.1, 0.15) is 63.0 Å². The summed E-state index contributed by atoms with van der Waals surface area (Å²) in [6.07, 6.45) is 10.8. The third-order valence-electron chi connectivity index (χ3n) is 5.18. The van der Waals surface area contributed by atoms with Crippen LogP contribution in [0.2, 0.25) is 0 Å². The van der Waals surface area contributed by atoms with E-state index < -0.39 is 5.72 Å². The van der Waals surface area contributed by atoms with E-state index in [2.05, 4.69) is 23.3 Å². The highest BCUT2D eigenvalue weighted by Gasteiger charge is 2.44. The molecule has 1 unspecified atom stereocenters. The number of aliphatic imine (C=N–C) groups is 1. The van der Waals surface area contributed by atoms with Crippen molar-refractivity contribution in [3.63, 3.8) is 0 Å². The van der Waals surface area contributed by atoms with E-state index in [1.165, 1.54) is 44.1 Å². The number of nitrogens with zero attached hydrogens (tertiary/aromatic N) is 1. The number of aliphatic hydroxyl groups is 1. The molecule has 4 heteroatoms. The zero-order valence-corrected chi connectivity index (χ0v) is 15.1. The first kappa shape index (κ1) is 17.9. The SMILES string of the molecule is CCCCCCCCc1cccc(C2(O)NC(=O)C3=C2CCN=C3)c1. The maximum atomic E-state index is 12.2. The summed E-state index contributed by atoms with van der Waals surface area (Å²) in [6.45, 7) is 2.85. The second-order valence-electron chi connectivity index (χ2n) is 7.06. The van der Waals surface area contributed by atoms with Crippen molar-refractivity contribution < 1.29 is 9.90 Å². The molecular formula is C21H28N2O2. The van der Waals surface area contributed by atoms with Crippen LogP contribution in [-0.4, -0.2) is 23.8 Å². The van der Waals surface area contributed by atoms with Crippen LogP contribution >= 0.6 is 0 Å². The zero-order chi connectivity index (χ0) is 17.7. The molecule has 2 aliphatic rings. The number of rotatable bonds is 8. The number of carbonyl (C=O) groups excluding carboxylic acids is 1. The molecule has 4 nitrogen and oxygen atoms in total. The lowest BCUT2D eigenvalue weighted by Crippen LogP contribution is -2.41. The minimum absolute atomic E-state index is 0.234. The van der Waals surface area contributed by atoms with Crippen molar-refractivity contribution in [3.8, 4) is 0 Å². The summed E-state index contributed by atoms with van der Waals surface area (Å²) in [7, 11) is 0. The van der Waals surface area contributed by atoms with Crippen LogP contribution < -0.4 is 5.32 Å². The van der Waals surface area contributed by atoms with Crippen molar-refractivity contribution in [1.82, 2.24) is 5.32 Å². The minimum atomic E-state index is -1.38. The third-order valence-corrected chi connectivity index (χ3v) is 5.18. The zero-order valence-electron chi connectivity index (χ0n) is 15.1. The second-order valence-corrected chi connectivity index (χ2v) is 7.06. The van der Waals surface area contributed by atoms with Gasteiger partial charge in [-0.2, -0.15) is 0 Å². The van der Waals surface area contributed by atoms with Crippen molar-refractivity contribution in [2.24, 2.45) is 4.99 Å². The smallest absolute Gasteiger partial charge is 0.255 e. The van der Waals surface area contributed by atoms with Crippen molar-refractivity contribution in [1.29, 1.82) is 0 Å². The Morgan fingerprint density at radius 3 is 2.84 bits per heavy atom. The fourth-order valence-corrected chi connectivity index (χ4v) is 3.73. The van der Waals surface area contributed by atoms with Gasteiger partial charge in [0.1, 0.15) is 0 Å². The van der Waals surface area contributed by atoms with Crippen molar-refractivity contribution in [2.75, 3.05) is 6.54 Å². The van der Waals surface area contributed by atoms with Crippen molar-refractivity contribution in [2.45, 2.75) is 64.0 Å². The van der Waals surface area contributed by atoms with Crippen LogP contribution in [-0.2, 0) is 16.9 Å². The number of amides is 1. The molecule has 0 aliphatic carbocycles. The summed E-state index contributed by atoms with van der Waals surface area (Å²) < 4.78 is 0. The van der Waals surface area contributed by atoms with E-state index in [4.69, 9.17) is 0 Å². The van der Waals surface area contributed by atoms with Crippen LogP contribution in [0.15, 0.2) is 40.4 Å². The number of carbonyl (C=O) groups is 1. The number of hydrogen-bond acceptors (Lipinski definition) is 3. The summed E-state index contributed by atoms with van der Waals surface area (Å²) in [5.74, 6) is -0.234. The molecule has 1 aromatic rings. The van der Waals surface area contributed by atoms with Gasteiger partial charge in [-0.15, -0.1) is 0 Å². The maximum Gasteiger partial charge on any atom is 0.255 e. The van der Waals surface area contributed by atoms with Gasteiger partial charge >= 0.3 is 0 Å². The Bertz CT molecular complexity index is 693. The lowest BCUT2D eigenvalue weighted by molar-refractivity contribution is -0.120. The summed E-state index contributed by atoms with van der Waals surface area (Å²) in [5.41, 5.74) is 1.87. The van der Waals surface area contributed by atoms with Gasteiger partial charge in [-0.25, -0.2) is 0 Å². The highest BCUT2D eigenvalue weighted by molar-refractivity contribution is 6.16. The fraction of sp³-hybridized carbons (Fsp3) is 0.524. The number of aryl methyl sites for hydroxylation is 1. The van der Waals surface area contributed by atoms with Crippen molar-refractivity contribution in [3.05, 3.63) is 46.5 Å². The molecule has 0 radical (unpaired) electrons. The molecule has 25 heavy (non-hydrogen) atoms. The fourth-order valence-electron chi connectivity index (χ4n) is 3.73. The van der Waals surface area contributed by atoms with Crippen LogP contribution in [0.4, 0.5) is 0 Å². The van der Waals surface area contributed by atoms with E-state index in [1.54, 1.807) is 6.21 Å². The molecule has 3 rings (SSSR count). The van der Waals surface area contributed by atoms with Crippen LogP contribution in [0.3, 0.4) is 0 Å². The average Bonchev–Trinajstić information content (AvgIpc) is 2.91. The highest BCUT2D eigenvalue weighted by Crippen LogP contribution is 2.37. The first-order chi connectivity index (χ1) is 12.1. The lowest BCUT2D eigenvalue weighted by Gasteiger charge is -2.28. The Kier molecular flexibility index (Phi) is 5.69. The van der Waals surface area contributed by atoms with Gasteiger partial charge < -0.3 is 10.4 Å². The molecule has 0 fully saturated rings.